The zero-order chi connectivity index (χ0) is 27.5. The second kappa shape index (κ2) is 10.8. The topological polar surface area (TPSA) is 87.9 Å². The summed E-state index contributed by atoms with van der Waals surface area (Å²) < 4.78 is 2.22. The maximum absolute atomic E-state index is 13.5. The summed E-state index contributed by atoms with van der Waals surface area (Å²) in [5, 5.41) is 9.49. The second-order valence-corrected chi connectivity index (χ2v) is 9.80. The van der Waals surface area contributed by atoms with Gasteiger partial charge in [-0.2, -0.15) is 5.26 Å². The lowest BCUT2D eigenvalue weighted by atomic mass is 9.99. The molecule has 39 heavy (non-hydrogen) atoms. The molecule has 194 valence electrons. The van der Waals surface area contributed by atoms with E-state index in [9.17, 15) is 10.1 Å². The number of carbonyl (C=O) groups excluding carboxylic acids is 1. The Morgan fingerprint density at radius 2 is 1.74 bits per heavy atom. The van der Waals surface area contributed by atoms with Crippen LogP contribution >= 0.6 is 0 Å². The summed E-state index contributed by atoms with van der Waals surface area (Å²) in [6.45, 7) is 4.78. The summed E-state index contributed by atoms with van der Waals surface area (Å²) in [5.41, 5.74) is 14.5. The molecule has 0 radical (unpaired) electrons. The van der Waals surface area contributed by atoms with E-state index in [4.69, 9.17) is 10.7 Å². The van der Waals surface area contributed by atoms with Crippen LogP contribution in [0, 0.1) is 18.3 Å². The molecule has 0 bridgehead atoms. The van der Waals surface area contributed by atoms with Crippen molar-refractivity contribution in [3.63, 3.8) is 0 Å². The van der Waals surface area contributed by atoms with Crippen molar-refractivity contribution >= 4 is 28.3 Å². The Bertz CT molecular complexity index is 1710. The summed E-state index contributed by atoms with van der Waals surface area (Å²) in [5.74, 6) is 0.878. The number of rotatable bonds is 7. The lowest BCUT2D eigenvalue weighted by Crippen LogP contribution is -2.27. The molecule has 0 aliphatic heterocycles. The van der Waals surface area contributed by atoms with Crippen LogP contribution in [0.3, 0.4) is 0 Å². The van der Waals surface area contributed by atoms with E-state index in [2.05, 4.69) is 41.8 Å². The predicted octanol–water partition coefficient (Wildman–Crippen LogP) is 6.74. The molecule has 0 aliphatic rings. The molecule has 1 amide bonds. The minimum absolute atomic E-state index is 0.122. The van der Waals surface area contributed by atoms with Crippen LogP contribution in [0.4, 0.5) is 11.4 Å². The van der Waals surface area contributed by atoms with Gasteiger partial charge in [0.15, 0.2) is 0 Å². The summed E-state index contributed by atoms with van der Waals surface area (Å²) in [7, 11) is 1.75. The summed E-state index contributed by atoms with van der Waals surface area (Å²) >= 11 is 0. The first-order chi connectivity index (χ1) is 18.9. The van der Waals surface area contributed by atoms with Crippen LogP contribution < -0.4 is 10.6 Å². The number of aromatic nitrogens is 2. The zero-order valence-corrected chi connectivity index (χ0v) is 22.5. The smallest absolute Gasteiger partial charge is 0.258 e. The fourth-order valence-corrected chi connectivity index (χ4v) is 5.06. The lowest BCUT2D eigenvalue weighted by molar-refractivity contribution is 0.0993. The number of fused-ring (bicyclic) bond motifs is 1. The van der Waals surface area contributed by atoms with Gasteiger partial charge in [-0.3, -0.25) is 4.79 Å². The molecule has 2 N–H and O–H groups in total. The Morgan fingerprint density at radius 3 is 2.46 bits per heavy atom. The number of anilines is 2. The molecule has 0 spiro atoms. The molecule has 0 aliphatic carbocycles. The van der Waals surface area contributed by atoms with Crippen molar-refractivity contribution < 1.29 is 4.79 Å². The molecule has 6 nitrogen and oxygen atoms in total. The van der Waals surface area contributed by atoms with Gasteiger partial charge >= 0.3 is 0 Å². The number of nitrogens with zero attached hydrogens (tertiary/aromatic N) is 4. The molecule has 0 saturated carbocycles. The van der Waals surface area contributed by atoms with Crippen molar-refractivity contribution in [3.8, 4) is 17.2 Å². The average Bonchev–Trinajstić information content (AvgIpc) is 3.30. The fraction of sp³-hybridized carbons (Fsp3) is 0.182. The number of nitriles is 1. The first-order valence-electron chi connectivity index (χ1n) is 13.1. The number of nitrogens with two attached hydrogens (primary N) is 1. The highest BCUT2D eigenvalue weighted by atomic mass is 16.2. The summed E-state index contributed by atoms with van der Waals surface area (Å²) in [6, 6.07) is 29.5. The van der Waals surface area contributed by atoms with E-state index in [-0.39, 0.29) is 5.91 Å². The monoisotopic (exact) mass is 513 g/mol. The second-order valence-electron chi connectivity index (χ2n) is 9.80. The van der Waals surface area contributed by atoms with Crippen LogP contribution in [0.2, 0.25) is 0 Å². The highest BCUT2D eigenvalue weighted by molar-refractivity contribution is 6.09. The number of hydrogen-bond acceptors (Lipinski definition) is 4. The number of aryl methyl sites for hydroxylation is 2. The van der Waals surface area contributed by atoms with Gasteiger partial charge in [0.2, 0.25) is 0 Å². The molecular formula is C33H31N5O. The maximum Gasteiger partial charge on any atom is 0.258 e. The van der Waals surface area contributed by atoms with E-state index in [1.165, 1.54) is 0 Å². The molecule has 5 aromatic rings. The minimum atomic E-state index is -0.122. The van der Waals surface area contributed by atoms with Crippen LogP contribution in [0.25, 0.3) is 22.2 Å². The first-order valence-corrected chi connectivity index (χ1v) is 13.1. The molecule has 0 fully saturated rings. The van der Waals surface area contributed by atoms with Crippen molar-refractivity contribution in [2.24, 2.45) is 0 Å². The molecule has 5 rings (SSSR count). The third-order valence-electron chi connectivity index (χ3n) is 7.10. The van der Waals surface area contributed by atoms with Crippen LogP contribution in [0.5, 0.6) is 0 Å². The van der Waals surface area contributed by atoms with Gasteiger partial charge in [-0.05, 0) is 65.9 Å². The van der Waals surface area contributed by atoms with Gasteiger partial charge in [0.1, 0.15) is 5.82 Å². The summed E-state index contributed by atoms with van der Waals surface area (Å²) in [4.78, 5) is 20.1. The highest BCUT2D eigenvalue weighted by Gasteiger charge is 2.20. The van der Waals surface area contributed by atoms with Gasteiger partial charge in [-0.25, -0.2) is 4.98 Å². The van der Waals surface area contributed by atoms with Crippen molar-refractivity contribution in [1.82, 2.24) is 9.55 Å². The van der Waals surface area contributed by atoms with E-state index >= 15 is 0 Å². The van der Waals surface area contributed by atoms with Crippen molar-refractivity contribution in [3.05, 3.63) is 113 Å². The van der Waals surface area contributed by atoms with E-state index in [1.807, 2.05) is 61.5 Å². The Balaban J connectivity index is 1.52. The number of nitrogen functional groups attached to an aromatic ring is 1. The van der Waals surface area contributed by atoms with Crippen molar-refractivity contribution in [2.45, 2.75) is 33.2 Å². The molecule has 0 atom stereocenters. The van der Waals surface area contributed by atoms with E-state index in [0.29, 0.717) is 29.0 Å². The Hall–Kier alpha value is -4.89. The van der Waals surface area contributed by atoms with Gasteiger partial charge in [0, 0.05) is 25.6 Å². The number of carbonyl (C=O) groups is 1. The lowest BCUT2D eigenvalue weighted by Gasteiger charge is -2.19. The number of imidazole rings is 1. The van der Waals surface area contributed by atoms with Crippen LogP contribution in [0.1, 0.15) is 46.2 Å². The number of amides is 1. The quantitative estimate of drug-likeness (QED) is 0.244. The Morgan fingerprint density at radius 1 is 1.03 bits per heavy atom. The standard InChI is InChI=1S/C33H31N5O/c1-4-9-31-36-32-22(2)18-26(33(39)37(3)29-13-8-7-12-28(29)35)19-30(32)38(31)21-23-14-16-24(17-15-23)27-11-6-5-10-25(27)20-34/h5-8,10-19H,4,9,21,35H2,1-3H3. The third kappa shape index (κ3) is 4.99. The zero-order valence-electron chi connectivity index (χ0n) is 22.5. The fourth-order valence-electron chi connectivity index (χ4n) is 5.06. The first kappa shape index (κ1) is 25.7. The number of para-hydroxylation sites is 2. The van der Waals surface area contributed by atoms with Gasteiger partial charge in [-0.15, -0.1) is 0 Å². The number of hydrogen-bond donors (Lipinski definition) is 1. The van der Waals surface area contributed by atoms with Gasteiger partial charge in [0.25, 0.3) is 5.91 Å². The van der Waals surface area contributed by atoms with E-state index < -0.39 is 0 Å². The average molecular weight is 514 g/mol. The van der Waals surface area contributed by atoms with E-state index in [0.717, 1.165) is 52.0 Å². The number of benzene rings is 4. The molecule has 6 heteroatoms. The molecular weight excluding hydrogens is 482 g/mol. The minimum Gasteiger partial charge on any atom is -0.397 e. The van der Waals surface area contributed by atoms with Crippen LogP contribution in [0.15, 0.2) is 84.9 Å². The molecule has 1 heterocycles. The van der Waals surface area contributed by atoms with Crippen molar-refractivity contribution in [2.75, 3.05) is 17.7 Å². The molecule has 4 aromatic carbocycles. The van der Waals surface area contributed by atoms with Crippen LogP contribution in [-0.4, -0.2) is 22.5 Å². The predicted molar refractivity (Wildman–Crippen MR) is 158 cm³/mol. The van der Waals surface area contributed by atoms with Crippen molar-refractivity contribution in [1.29, 1.82) is 5.26 Å². The van der Waals surface area contributed by atoms with Gasteiger partial charge < -0.3 is 15.2 Å². The van der Waals surface area contributed by atoms with Gasteiger partial charge in [0.05, 0.1) is 34.0 Å². The Labute approximate surface area is 228 Å². The molecule has 1 aromatic heterocycles. The molecule has 0 unspecified atom stereocenters. The van der Waals surface area contributed by atoms with Gasteiger partial charge in [-0.1, -0.05) is 61.5 Å². The third-order valence-corrected chi connectivity index (χ3v) is 7.10. The maximum atomic E-state index is 13.5. The Kier molecular flexibility index (Phi) is 7.16. The van der Waals surface area contributed by atoms with E-state index in [1.54, 1.807) is 18.0 Å². The highest BCUT2D eigenvalue weighted by Crippen LogP contribution is 2.28. The summed E-state index contributed by atoms with van der Waals surface area (Å²) in [6.07, 6.45) is 1.81. The molecule has 0 saturated heterocycles. The normalized spacial score (nSPS) is 10.9. The largest absolute Gasteiger partial charge is 0.397 e. The SMILES string of the molecule is CCCc1nc2c(C)cc(C(=O)N(C)c3ccccc3N)cc2n1Cc1ccc(-c2ccccc2C#N)cc1. The van der Waals surface area contributed by atoms with Crippen LogP contribution in [-0.2, 0) is 13.0 Å².